The SMILES string of the molecule is CO[C@H]1CC[C@]2(CC1)Cc1cc(F)c(-c3cc(Cl)cc(C#N)c3)cc1C21N=C(C)C(N)=N1. The van der Waals surface area contributed by atoms with E-state index in [0.29, 0.717) is 39.7 Å². The summed E-state index contributed by atoms with van der Waals surface area (Å²) in [5.74, 6) is 0.0924. The van der Waals surface area contributed by atoms with Gasteiger partial charge in [-0.15, -0.1) is 0 Å². The van der Waals surface area contributed by atoms with E-state index in [0.717, 1.165) is 36.8 Å². The van der Waals surface area contributed by atoms with E-state index in [2.05, 4.69) is 6.07 Å². The number of hydrogen-bond donors (Lipinski definition) is 1. The van der Waals surface area contributed by atoms with E-state index in [1.807, 2.05) is 13.0 Å². The highest BCUT2D eigenvalue weighted by atomic mass is 35.5. The summed E-state index contributed by atoms with van der Waals surface area (Å²) in [7, 11) is 1.75. The van der Waals surface area contributed by atoms with Gasteiger partial charge in [-0.05, 0) is 80.5 Å². The zero-order valence-electron chi connectivity index (χ0n) is 18.1. The molecule has 3 aliphatic rings. The van der Waals surface area contributed by atoms with Crippen LogP contribution in [0.25, 0.3) is 11.1 Å². The standard InChI is InChI=1S/C25H24ClFN4O/c1-14-23(29)31-25(30-14)21-11-20(16-7-15(13-28)8-18(26)9-16)22(27)10-17(21)12-24(25)5-3-19(32-2)4-6-24/h7-11,19H,3-6,12H2,1-2H3,(H2,29,31)/t19-,24-,25?. The molecular weight excluding hydrogens is 427 g/mol. The Balaban J connectivity index is 1.69. The highest BCUT2D eigenvalue weighted by molar-refractivity contribution is 6.41. The van der Waals surface area contributed by atoms with Crippen LogP contribution >= 0.6 is 11.6 Å². The van der Waals surface area contributed by atoms with Gasteiger partial charge >= 0.3 is 0 Å². The minimum atomic E-state index is -0.853. The molecule has 32 heavy (non-hydrogen) atoms. The molecule has 2 spiro atoms. The molecule has 1 aliphatic heterocycles. The predicted octanol–water partition coefficient (Wildman–Crippen LogP) is 5.13. The molecule has 1 fully saturated rings. The van der Waals surface area contributed by atoms with Gasteiger partial charge in [0.25, 0.3) is 0 Å². The molecule has 2 aliphatic carbocycles. The molecule has 0 aromatic heterocycles. The fourth-order valence-corrected chi connectivity index (χ4v) is 5.97. The van der Waals surface area contributed by atoms with Gasteiger partial charge in [0, 0.05) is 28.7 Å². The smallest absolute Gasteiger partial charge is 0.184 e. The van der Waals surface area contributed by atoms with Gasteiger partial charge in [-0.25, -0.2) is 9.38 Å². The Labute approximate surface area is 191 Å². The van der Waals surface area contributed by atoms with E-state index in [1.165, 1.54) is 0 Å². The molecule has 164 valence electrons. The first-order valence-electron chi connectivity index (χ1n) is 10.8. The number of ether oxygens (including phenoxy) is 1. The molecule has 2 aromatic rings. The molecular formula is C25H24ClFN4O. The molecule has 0 saturated heterocycles. The van der Waals surface area contributed by atoms with E-state index < -0.39 is 5.66 Å². The first-order chi connectivity index (χ1) is 15.3. The monoisotopic (exact) mass is 450 g/mol. The summed E-state index contributed by atoms with van der Waals surface area (Å²) in [6.07, 6.45) is 4.48. The lowest BCUT2D eigenvalue weighted by atomic mass is 9.65. The van der Waals surface area contributed by atoms with Crippen molar-refractivity contribution in [1.29, 1.82) is 5.26 Å². The van der Waals surface area contributed by atoms with Crippen LogP contribution in [0.5, 0.6) is 0 Å². The second-order valence-corrected chi connectivity index (χ2v) is 9.52. The molecule has 1 unspecified atom stereocenters. The van der Waals surface area contributed by atoms with Crippen LogP contribution in [0.15, 0.2) is 40.3 Å². The molecule has 1 saturated carbocycles. The van der Waals surface area contributed by atoms with Gasteiger partial charge in [0.2, 0.25) is 0 Å². The van der Waals surface area contributed by atoms with Crippen molar-refractivity contribution in [2.45, 2.75) is 50.8 Å². The lowest BCUT2D eigenvalue weighted by Crippen LogP contribution is -2.43. The zero-order valence-corrected chi connectivity index (χ0v) is 18.8. The third-order valence-electron chi connectivity index (χ3n) is 7.38. The Morgan fingerprint density at radius 2 is 1.94 bits per heavy atom. The maximum atomic E-state index is 15.4. The lowest BCUT2D eigenvalue weighted by Gasteiger charge is -2.44. The Morgan fingerprint density at radius 3 is 2.56 bits per heavy atom. The molecule has 0 bridgehead atoms. The van der Waals surface area contributed by atoms with E-state index >= 15 is 4.39 Å². The molecule has 0 radical (unpaired) electrons. The fraction of sp³-hybridized carbons (Fsp3) is 0.400. The molecule has 0 amide bonds. The number of rotatable bonds is 2. The second-order valence-electron chi connectivity index (χ2n) is 9.09. The van der Waals surface area contributed by atoms with Crippen molar-refractivity contribution in [3.05, 3.63) is 57.9 Å². The highest BCUT2D eigenvalue weighted by Crippen LogP contribution is 2.62. The van der Waals surface area contributed by atoms with Crippen molar-refractivity contribution in [2.24, 2.45) is 21.1 Å². The minimum Gasteiger partial charge on any atom is -0.382 e. The largest absolute Gasteiger partial charge is 0.382 e. The number of hydrogen-bond acceptors (Lipinski definition) is 5. The normalized spacial score (nSPS) is 28.5. The quantitative estimate of drug-likeness (QED) is 0.688. The second kappa shape index (κ2) is 7.40. The third kappa shape index (κ3) is 2.99. The van der Waals surface area contributed by atoms with Gasteiger partial charge in [-0.2, -0.15) is 5.26 Å². The minimum absolute atomic E-state index is 0.220. The Bertz CT molecular complexity index is 1200. The van der Waals surface area contributed by atoms with Gasteiger partial charge in [0.1, 0.15) is 11.7 Å². The lowest BCUT2D eigenvalue weighted by molar-refractivity contribution is -0.000374. The number of benzene rings is 2. The summed E-state index contributed by atoms with van der Waals surface area (Å²) in [5.41, 5.74) is 8.98. The van der Waals surface area contributed by atoms with Crippen molar-refractivity contribution in [3.63, 3.8) is 0 Å². The van der Waals surface area contributed by atoms with Gasteiger partial charge in [-0.3, -0.25) is 4.99 Å². The number of nitrogens with two attached hydrogens (primary N) is 1. The third-order valence-corrected chi connectivity index (χ3v) is 7.60. The first-order valence-corrected chi connectivity index (χ1v) is 11.2. The fourth-order valence-electron chi connectivity index (χ4n) is 5.73. The Morgan fingerprint density at radius 1 is 1.19 bits per heavy atom. The van der Waals surface area contributed by atoms with Crippen LogP contribution in [0.4, 0.5) is 4.39 Å². The first kappa shape index (κ1) is 21.1. The number of nitrogens with zero attached hydrogens (tertiary/aromatic N) is 3. The zero-order chi connectivity index (χ0) is 22.7. The number of fused-ring (bicyclic) bond motifs is 3. The molecule has 1 heterocycles. The summed E-state index contributed by atoms with van der Waals surface area (Å²) < 4.78 is 21.0. The Kier molecular flexibility index (Phi) is 4.88. The average Bonchev–Trinajstić information content (AvgIpc) is 3.20. The molecule has 5 nitrogen and oxygen atoms in total. The number of methoxy groups -OCH3 is 1. The van der Waals surface area contributed by atoms with Crippen LogP contribution in [0.1, 0.15) is 49.3 Å². The summed E-state index contributed by atoms with van der Waals surface area (Å²) >= 11 is 6.21. The highest BCUT2D eigenvalue weighted by Gasteiger charge is 2.61. The van der Waals surface area contributed by atoms with Gasteiger partial charge < -0.3 is 10.5 Å². The molecule has 5 rings (SSSR count). The van der Waals surface area contributed by atoms with Gasteiger partial charge in [0.05, 0.1) is 23.4 Å². The van der Waals surface area contributed by atoms with Crippen molar-refractivity contribution in [3.8, 4) is 17.2 Å². The molecule has 7 heteroatoms. The maximum absolute atomic E-state index is 15.4. The van der Waals surface area contributed by atoms with Gasteiger partial charge in [0.15, 0.2) is 5.66 Å². The number of amidine groups is 1. The van der Waals surface area contributed by atoms with Crippen LogP contribution in [0.2, 0.25) is 5.02 Å². The van der Waals surface area contributed by atoms with Crippen molar-refractivity contribution >= 4 is 23.1 Å². The van der Waals surface area contributed by atoms with E-state index in [1.54, 1.807) is 31.4 Å². The summed E-state index contributed by atoms with van der Waals surface area (Å²) in [6.45, 7) is 1.88. The number of nitriles is 1. The number of aliphatic imine (C=N–C) groups is 2. The van der Waals surface area contributed by atoms with E-state index in [9.17, 15) is 5.26 Å². The summed E-state index contributed by atoms with van der Waals surface area (Å²) in [6, 6.07) is 10.4. The van der Waals surface area contributed by atoms with Crippen LogP contribution in [0, 0.1) is 22.6 Å². The molecule has 1 atom stereocenters. The van der Waals surface area contributed by atoms with E-state index in [4.69, 9.17) is 32.1 Å². The van der Waals surface area contributed by atoms with Crippen molar-refractivity contribution < 1.29 is 9.13 Å². The topological polar surface area (TPSA) is 83.8 Å². The van der Waals surface area contributed by atoms with Crippen molar-refractivity contribution in [1.82, 2.24) is 0 Å². The van der Waals surface area contributed by atoms with Crippen LogP contribution in [-0.2, 0) is 16.8 Å². The van der Waals surface area contributed by atoms with Crippen LogP contribution < -0.4 is 5.73 Å². The van der Waals surface area contributed by atoms with Gasteiger partial charge in [-0.1, -0.05) is 11.6 Å². The van der Waals surface area contributed by atoms with Crippen molar-refractivity contribution in [2.75, 3.05) is 7.11 Å². The van der Waals surface area contributed by atoms with E-state index in [-0.39, 0.29) is 17.3 Å². The molecule has 2 aromatic carbocycles. The average molecular weight is 451 g/mol. The van der Waals surface area contributed by atoms with Crippen LogP contribution in [0.3, 0.4) is 0 Å². The molecule has 2 N–H and O–H groups in total. The number of halogens is 2. The maximum Gasteiger partial charge on any atom is 0.184 e. The summed E-state index contributed by atoms with van der Waals surface area (Å²) in [5, 5.41) is 9.72. The predicted molar refractivity (Wildman–Crippen MR) is 123 cm³/mol. The van der Waals surface area contributed by atoms with Crippen LogP contribution in [-0.4, -0.2) is 24.8 Å². The summed E-state index contributed by atoms with van der Waals surface area (Å²) in [4.78, 5) is 9.97. The Hall–Kier alpha value is -2.75.